The highest BCUT2D eigenvalue weighted by Gasteiger charge is 2.41. The van der Waals surface area contributed by atoms with Gasteiger partial charge in [0.15, 0.2) is 0 Å². The zero-order chi connectivity index (χ0) is 49.3. The topological polar surface area (TPSA) is 199 Å². The van der Waals surface area contributed by atoms with Crippen molar-refractivity contribution in [1.29, 1.82) is 0 Å². The molecule has 0 unspecified atom stereocenters. The Bertz CT molecular complexity index is 2610. The molecule has 3 fully saturated rings. The van der Waals surface area contributed by atoms with Crippen LogP contribution >= 0.6 is 54.0 Å². The molecule has 4 amide bonds. The minimum Gasteiger partial charge on any atom is -0.508 e. The normalized spacial score (nSPS) is 20.5. The molecular formula is C52H76N8O9S4. The number of hydrogen-bond donors (Lipinski definition) is 4. The van der Waals surface area contributed by atoms with E-state index in [1.807, 2.05) is 43.1 Å². The monoisotopic (exact) mass is 1080 g/mol. The highest BCUT2D eigenvalue weighted by atomic mass is 32.1. The summed E-state index contributed by atoms with van der Waals surface area (Å²) in [5, 5.41) is 26.4. The number of ether oxygens (including phenoxy) is 2. The molecule has 73 heavy (non-hydrogen) atoms. The quantitative estimate of drug-likeness (QED) is 0.155. The van der Waals surface area contributed by atoms with Crippen molar-refractivity contribution in [2.45, 2.75) is 104 Å². The van der Waals surface area contributed by atoms with E-state index < -0.39 is 53.3 Å². The van der Waals surface area contributed by atoms with Gasteiger partial charge in [0, 0.05) is 94.1 Å². The van der Waals surface area contributed by atoms with Gasteiger partial charge >= 0.3 is 5.97 Å². The van der Waals surface area contributed by atoms with Crippen molar-refractivity contribution in [2.75, 3.05) is 60.0 Å². The van der Waals surface area contributed by atoms with Crippen LogP contribution in [-0.4, -0.2) is 153 Å². The molecule has 2 aromatic heterocycles. The van der Waals surface area contributed by atoms with Gasteiger partial charge in [0.25, 0.3) is 5.91 Å². The summed E-state index contributed by atoms with van der Waals surface area (Å²) in [7, 11) is 3.26. The molecule has 6 heterocycles. The number of likely N-dealkylation sites (N-methyl/N-ethyl adjacent to an activating group) is 1. The number of methoxy groups -OCH3 is 1. The number of pyridine rings is 1. The summed E-state index contributed by atoms with van der Waals surface area (Å²) in [6.45, 7) is 13.1. The third-order valence-electron chi connectivity index (χ3n) is 14.2. The van der Waals surface area contributed by atoms with Gasteiger partial charge in [0.1, 0.15) is 23.9 Å². The zero-order valence-corrected chi connectivity index (χ0v) is 47.0. The summed E-state index contributed by atoms with van der Waals surface area (Å²) >= 11 is 0. The number of carbonyl (C=O) groups is 5. The van der Waals surface area contributed by atoms with Crippen molar-refractivity contribution in [3.63, 3.8) is 0 Å². The van der Waals surface area contributed by atoms with E-state index in [1.165, 1.54) is 9.91 Å². The molecule has 0 saturated carbocycles. The summed E-state index contributed by atoms with van der Waals surface area (Å²) in [5.74, 6) is -2.76. The number of aromatic nitrogens is 2. The van der Waals surface area contributed by atoms with Crippen molar-refractivity contribution < 1.29 is 43.7 Å². The van der Waals surface area contributed by atoms with Crippen LogP contribution in [0.3, 0.4) is 0 Å². The van der Waals surface area contributed by atoms with Crippen molar-refractivity contribution in [3.05, 3.63) is 71.5 Å². The van der Waals surface area contributed by atoms with Crippen LogP contribution in [0.5, 0.6) is 5.75 Å². The third kappa shape index (κ3) is 13.5. The molecule has 8 rings (SSSR count). The number of cyclic esters (lactones) is 1. The number of esters is 1. The van der Waals surface area contributed by atoms with Crippen LogP contribution < -0.4 is 10.7 Å². The molecule has 21 heteroatoms. The summed E-state index contributed by atoms with van der Waals surface area (Å²) < 4.78 is 14.0. The van der Waals surface area contributed by atoms with Gasteiger partial charge in [-0.1, -0.05) is 39.8 Å². The molecule has 4 atom stereocenters. The number of rotatable bonds is 11. The van der Waals surface area contributed by atoms with Crippen LogP contribution in [0.15, 0.2) is 54.9 Å². The molecule has 2 aromatic carbocycles. The van der Waals surface area contributed by atoms with Crippen molar-refractivity contribution in [2.24, 2.45) is 17.3 Å². The standard InChI is InChI=1S/C52H68N8O9.4H2S/c1-8-59-44-12-11-33-22-39(44)40(47(59)41-24-53-15-13-35(41)29-68-7)23-52(4,5)30-69-51(67)42-10-9-16-60(55-42)50(66)43(20-32-18-36(33)21-37(61)19-32)54-48(64)46(31(2)3)56(6)49(65)34-14-17-58(25-34)45(63)28-57-26-38(62)27-57;;;;/h11-13,15,18-19,21-22,24,31,34,38,42-43,46,55,61-62H,8-10,14,16-17,20,23,25-30H2,1-7H3,(H,54,64);4*1H2/t34-,42-,43-,46-;;;;/m0..../s1. The van der Waals surface area contributed by atoms with Crippen molar-refractivity contribution in [3.8, 4) is 28.1 Å². The number of aryl methyl sites for hydroxylation is 1. The number of hydrogen-bond acceptors (Lipinski definition) is 12. The summed E-state index contributed by atoms with van der Waals surface area (Å²) in [6.07, 6.45) is 5.12. The fraction of sp³-hybridized carbons (Fsp3) is 0.538. The first-order chi connectivity index (χ1) is 32.9. The van der Waals surface area contributed by atoms with E-state index in [-0.39, 0.29) is 110 Å². The minimum absolute atomic E-state index is 0. The second-order valence-electron chi connectivity index (χ2n) is 20.5. The van der Waals surface area contributed by atoms with Crippen molar-refractivity contribution in [1.82, 2.24) is 40.0 Å². The van der Waals surface area contributed by atoms with E-state index in [0.29, 0.717) is 69.6 Å². The number of aliphatic hydroxyl groups is 1. The molecule has 17 nitrogen and oxygen atoms in total. The number of likely N-dealkylation sites (tertiary alicyclic amines) is 2. The fourth-order valence-corrected chi connectivity index (χ4v) is 10.7. The Morgan fingerprint density at radius 3 is 2.42 bits per heavy atom. The number of phenols is 1. The summed E-state index contributed by atoms with van der Waals surface area (Å²) in [4.78, 5) is 80.0. The number of fused-ring (bicyclic) bond motifs is 6. The Morgan fingerprint density at radius 1 is 1.00 bits per heavy atom. The van der Waals surface area contributed by atoms with E-state index in [4.69, 9.17) is 9.47 Å². The minimum atomic E-state index is -1.17. The lowest BCUT2D eigenvalue weighted by molar-refractivity contribution is -0.155. The number of nitrogens with zero attached hydrogens (tertiary/aromatic N) is 6. The second-order valence-corrected chi connectivity index (χ2v) is 20.5. The molecule has 0 aliphatic carbocycles. The Labute approximate surface area is 456 Å². The lowest BCUT2D eigenvalue weighted by Gasteiger charge is -2.37. The van der Waals surface area contributed by atoms with Gasteiger partial charge in [-0.15, -0.1) is 0 Å². The number of β-amino-alcohol motifs (C(OH)–C–C–N with tert-alkyl or cyclic N) is 1. The SMILES string of the molecule is CCn1c(-c2cnccc2COC)c2c3cc(ccc31)-c1cc(O)cc(c1)C[C@H](NC(=O)[C@H](C(C)C)N(C)C(=O)[C@H]1CCN(C(=O)CN3CC(O)C3)C1)C(=O)N1CCC[C@H](N1)C(=O)OCC(C)(C)C2.S.S.S.S. The van der Waals surface area contributed by atoms with Gasteiger partial charge in [0.2, 0.25) is 17.7 Å². The molecule has 4 N–H and O–H groups in total. The zero-order valence-electron chi connectivity index (χ0n) is 43.0. The van der Waals surface area contributed by atoms with Gasteiger partial charge in [-0.2, -0.15) is 54.0 Å². The summed E-state index contributed by atoms with van der Waals surface area (Å²) in [6, 6.07) is 10.4. The van der Waals surface area contributed by atoms with E-state index in [0.717, 1.165) is 38.9 Å². The molecule has 4 aliphatic heterocycles. The number of phenolic OH excluding ortho intramolecular Hbond substituents is 1. The number of benzene rings is 2. The number of hydrazine groups is 1. The fourth-order valence-electron chi connectivity index (χ4n) is 10.7. The maximum atomic E-state index is 14.8. The van der Waals surface area contributed by atoms with Crippen molar-refractivity contribution >= 4 is 94.5 Å². The van der Waals surface area contributed by atoms with E-state index in [2.05, 4.69) is 53.2 Å². The Hall–Kier alpha value is -4.48. The smallest absolute Gasteiger partial charge is 0.324 e. The average molecular weight is 1090 g/mol. The molecular weight excluding hydrogens is 1010 g/mol. The van der Waals surface area contributed by atoms with Crippen LogP contribution in [-0.2, 0) is 59.4 Å². The maximum absolute atomic E-state index is 14.8. The molecule has 0 radical (unpaired) electrons. The van der Waals surface area contributed by atoms with E-state index >= 15 is 0 Å². The van der Waals surface area contributed by atoms with E-state index in [1.54, 1.807) is 37.4 Å². The Balaban J connectivity index is 0.00000289. The highest BCUT2D eigenvalue weighted by Crippen LogP contribution is 2.41. The lowest BCUT2D eigenvalue weighted by atomic mass is 9.84. The van der Waals surface area contributed by atoms with Gasteiger partial charge in [-0.3, -0.25) is 38.9 Å². The van der Waals surface area contributed by atoms with Gasteiger partial charge in [-0.05, 0) is 96.7 Å². The van der Waals surface area contributed by atoms with Gasteiger partial charge < -0.3 is 39.4 Å². The van der Waals surface area contributed by atoms with Gasteiger partial charge in [-0.25, -0.2) is 5.43 Å². The number of amides is 4. The first-order valence-corrected chi connectivity index (χ1v) is 24.3. The Morgan fingerprint density at radius 2 is 1.74 bits per heavy atom. The summed E-state index contributed by atoms with van der Waals surface area (Å²) in [5.41, 5.74) is 9.70. The average Bonchev–Trinajstić information content (AvgIpc) is 3.92. The number of aliphatic hydroxyl groups excluding tert-OH is 1. The first kappa shape index (κ1) is 61.1. The van der Waals surface area contributed by atoms with Crippen LogP contribution in [0.25, 0.3) is 33.3 Å². The highest BCUT2D eigenvalue weighted by molar-refractivity contribution is 7.59. The molecule has 0 spiro atoms. The van der Waals surface area contributed by atoms with Crippen LogP contribution in [0, 0.1) is 17.3 Å². The third-order valence-corrected chi connectivity index (χ3v) is 14.2. The van der Waals surface area contributed by atoms with Gasteiger partial charge in [0.05, 0.1) is 37.5 Å². The molecule has 402 valence electrons. The van der Waals surface area contributed by atoms with Crippen LogP contribution in [0.2, 0.25) is 0 Å². The number of carbonyl (C=O) groups excluding carboxylic acids is 5. The molecule has 3 saturated heterocycles. The predicted octanol–water partition coefficient (Wildman–Crippen LogP) is 4.35. The Kier molecular flexibility index (Phi) is 21.6. The van der Waals surface area contributed by atoms with Crippen LogP contribution in [0.1, 0.15) is 70.6 Å². The first-order valence-electron chi connectivity index (χ1n) is 24.3. The largest absolute Gasteiger partial charge is 0.508 e. The lowest BCUT2D eigenvalue weighted by Crippen LogP contribution is -2.62. The molecule has 6 bridgehead atoms. The predicted molar refractivity (Wildman–Crippen MR) is 301 cm³/mol. The van der Waals surface area contributed by atoms with E-state index in [9.17, 15) is 34.2 Å². The molecule has 4 aliphatic rings. The second kappa shape index (κ2) is 25.8. The molecule has 4 aromatic rings. The van der Waals surface area contributed by atoms with Crippen LogP contribution in [0.4, 0.5) is 0 Å². The number of aromatic hydroxyl groups is 1. The maximum Gasteiger partial charge on any atom is 0.324 e. The number of nitrogens with one attached hydrogen (secondary N) is 2.